The van der Waals surface area contributed by atoms with Crippen LogP contribution in [0.15, 0.2) is 0 Å². The summed E-state index contributed by atoms with van der Waals surface area (Å²) in [5, 5.41) is 6.67. The molecule has 2 heterocycles. The van der Waals surface area contributed by atoms with Gasteiger partial charge in [-0.25, -0.2) is 9.97 Å². The molecule has 4 nitrogen and oxygen atoms in total. The molecule has 1 aliphatic heterocycles. The number of fused-ring (bicyclic) bond motifs is 1. The molecule has 0 atom stereocenters. The molecule has 0 bridgehead atoms. The molecule has 0 saturated heterocycles. The fourth-order valence-corrected chi connectivity index (χ4v) is 2.62. The summed E-state index contributed by atoms with van der Waals surface area (Å²) in [6.07, 6.45) is 5.94. The van der Waals surface area contributed by atoms with E-state index in [4.69, 9.17) is 9.97 Å². The van der Waals surface area contributed by atoms with Crippen molar-refractivity contribution in [2.45, 2.75) is 38.0 Å². The average molecular weight is 232 g/mol. The summed E-state index contributed by atoms with van der Waals surface area (Å²) >= 11 is 0. The lowest BCUT2D eigenvalue weighted by Gasteiger charge is -2.25. The van der Waals surface area contributed by atoms with Crippen molar-refractivity contribution in [3.05, 3.63) is 17.1 Å². The molecule has 0 spiro atoms. The quantitative estimate of drug-likeness (QED) is 0.811. The van der Waals surface area contributed by atoms with Gasteiger partial charge in [-0.2, -0.15) is 0 Å². The third-order valence-corrected chi connectivity index (χ3v) is 3.91. The van der Waals surface area contributed by atoms with E-state index in [1.165, 1.54) is 30.5 Å². The standard InChI is InChI=1S/C13H20N4/c1-14-13-10-5-7-15-8-6-11(10)16-12(17-13)9-3-2-4-9/h9,15H,2-8H2,1H3,(H,14,16,17). The summed E-state index contributed by atoms with van der Waals surface area (Å²) in [5.41, 5.74) is 2.58. The molecule has 0 aromatic carbocycles. The second-order valence-electron chi connectivity index (χ2n) is 4.98. The zero-order valence-corrected chi connectivity index (χ0v) is 10.4. The van der Waals surface area contributed by atoms with Crippen LogP contribution in [0.5, 0.6) is 0 Å². The molecule has 1 fully saturated rings. The van der Waals surface area contributed by atoms with Crippen LogP contribution in [0.1, 0.15) is 42.3 Å². The third-order valence-electron chi connectivity index (χ3n) is 3.91. The Bertz CT molecular complexity index is 412. The summed E-state index contributed by atoms with van der Waals surface area (Å²) in [6.45, 7) is 2.07. The predicted octanol–water partition coefficient (Wildman–Crippen LogP) is 1.47. The number of anilines is 1. The van der Waals surface area contributed by atoms with Crippen LogP contribution in [0.3, 0.4) is 0 Å². The minimum Gasteiger partial charge on any atom is -0.373 e. The highest BCUT2D eigenvalue weighted by molar-refractivity contribution is 5.47. The Morgan fingerprint density at radius 3 is 2.71 bits per heavy atom. The summed E-state index contributed by atoms with van der Waals surface area (Å²) in [7, 11) is 1.96. The van der Waals surface area contributed by atoms with Gasteiger partial charge in [0.1, 0.15) is 11.6 Å². The van der Waals surface area contributed by atoms with Crippen LogP contribution in [-0.2, 0) is 12.8 Å². The van der Waals surface area contributed by atoms with Gasteiger partial charge in [0.15, 0.2) is 0 Å². The summed E-state index contributed by atoms with van der Waals surface area (Å²) in [4.78, 5) is 9.53. The number of nitrogens with one attached hydrogen (secondary N) is 2. The van der Waals surface area contributed by atoms with Gasteiger partial charge in [0.25, 0.3) is 0 Å². The first-order chi connectivity index (χ1) is 8.38. The van der Waals surface area contributed by atoms with Gasteiger partial charge < -0.3 is 10.6 Å². The number of hydrogen-bond acceptors (Lipinski definition) is 4. The molecule has 2 aliphatic rings. The first-order valence-electron chi connectivity index (χ1n) is 6.66. The van der Waals surface area contributed by atoms with Crippen molar-refractivity contribution in [2.24, 2.45) is 0 Å². The van der Waals surface area contributed by atoms with Crippen molar-refractivity contribution < 1.29 is 0 Å². The first kappa shape index (κ1) is 11.0. The number of hydrogen-bond donors (Lipinski definition) is 2. The second kappa shape index (κ2) is 4.61. The van der Waals surface area contributed by atoms with Gasteiger partial charge in [-0.05, 0) is 25.8 Å². The van der Waals surface area contributed by atoms with Crippen LogP contribution in [0.25, 0.3) is 0 Å². The fraction of sp³-hybridized carbons (Fsp3) is 0.692. The Labute approximate surface area is 102 Å². The van der Waals surface area contributed by atoms with Crippen LogP contribution in [0, 0.1) is 0 Å². The molecular formula is C13H20N4. The van der Waals surface area contributed by atoms with Gasteiger partial charge in [-0.1, -0.05) is 6.42 Å². The molecular weight excluding hydrogens is 212 g/mol. The lowest BCUT2D eigenvalue weighted by Crippen LogP contribution is -2.17. The van der Waals surface area contributed by atoms with Gasteiger partial charge in [0.05, 0.1) is 5.69 Å². The highest BCUT2D eigenvalue weighted by Gasteiger charge is 2.25. The molecule has 1 aromatic rings. The van der Waals surface area contributed by atoms with Gasteiger partial charge >= 0.3 is 0 Å². The predicted molar refractivity (Wildman–Crippen MR) is 68.4 cm³/mol. The lowest BCUT2D eigenvalue weighted by atomic mass is 9.84. The molecule has 0 amide bonds. The SMILES string of the molecule is CNc1nc(C2CCC2)nc2c1CCNCC2. The molecule has 92 valence electrons. The van der Waals surface area contributed by atoms with Gasteiger partial charge in [0.2, 0.25) is 0 Å². The third kappa shape index (κ3) is 2.02. The van der Waals surface area contributed by atoms with E-state index in [-0.39, 0.29) is 0 Å². The molecule has 2 N–H and O–H groups in total. The van der Waals surface area contributed by atoms with Gasteiger partial charge in [-0.15, -0.1) is 0 Å². The fourth-order valence-electron chi connectivity index (χ4n) is 2.62. The largest absolute Gasteiger partial charge is 0.373 e. The summed E-state index contributed by atoms with van der Waals surface area (Å²) in [6, 6.07) is 0. The van der Waals surface area contributed by atoms with Crippen LogP contribution >= 0.6 is 0 Å². The van der Waals surface area contributed by atoms with Crippen molar-refractivity contribution in [1.29, 1.82) is 0 Å². The van der Waals surface area contributed by atoms with Crippen LogP contribution < -0.4 is 10.6 Å². The average Bonchev–Trinajstić information content (AvgIpc) is 2.50. The summed E-state index contributed by atoms with van der Waals surface area (Å²) < 4.78 is 0. The highest BCUT2D eigenvalue weighted by atomic mass is 15.0. The number of aromatic nitrogens is 2. The maximum Gasteiger partial charge on any atom is 0.134 e. The van der Waals surface area contributed by atoms with E-state index >= 15 is 0 Å². The molecule has 1 aliphatic carbocycles. The molecule has 0 radical (unpaired) electrons. The summed E-state index contributed by atoms with van der Waals surface area (Å²) in [5.74, 6) is 2.74. The minimum atomic E-state index is 0.614. The molecule has 1 saturated carbocycles. The Balaban J connectivity index is 2.00. The normalized spacial score (nSPS) is 20.3. The van der Waals surface area contributed by atoms with E-state index in [9.17, 15) is 0 Å². The molecule has 4 heteroatoms. The van der Waals surface area contributed by atoms with E-state index in [2.05, 4.69) is 10.6 Å². The van der Waals surface area contributed by atoms with E-state index in [0.29, 0.717) is 5.92 Å². The maximum absolute atomic E-state index is 4.81. The van der Waals surface area contributed by atoms with Crippen LogP contribution in [-0.4, -0.2) is 30.1 Å². The van der Waals surface area contributed by atoms with Crippen LogP contribution in [0.4, 0.5) is 5.82 Å². The van der Waals surface area contributed by atoms with Crippen molar-refractivity contribution in [3.8, 4) is 0 Å². The molecule has 0 unspecified atom stereocenters. The number of nitrogens with zero attached hydrogens (tertiary/aromatic N) is 2. The topological polar surface area (TPSA) is 49.8 Å². The number of rotatable bonds is 2. The monoisotopic (exact) mass is 232 g/mol. The van der Waals surface area contributed by atoms with Crippen molar-refractivity contribution in [3.63, 3.8) is 0 Å². The van der Waals surface area contributed by atoms with Gasteiger partial charge in [0, 0.05) is 31.5 Å². The minimum absolute atomic E-state index is 0.614. The molecule has 1 aromatic heterocycles. The first-order valence-corrected chi connectivity index (χ1v) is 6.66. The van der Waals surface area contributed by atoms with Crippen molar-refractivity contribution >= 4 is 5.82 Å². The Kier molecular flexibility index (Phi) is 2.97. The highest BCUT2D eigenvalue weighted by Crippen LogP contribution is 2.35. The van der Waals surface area contributed by atoms with Crippen molar-refractivity contribution in [2.75, 3.05) is 25.5 Å². The van der Waals surface area contributed by atoms with Crippen molar-refractivity contribution in [1.82, 2.24) is 15.3 Å². The lowest BCUT2D eigenvalue weighted by molar-refractivity contribution is 0.400. The van der Waals surface area contributed by atoms with Crippen LogP contribution in [0.2, 0.25) is 0 Å². The molecule has 3 rings (SSSR count). The van der Waals surface area contributed by atoms with E-state index in [1.54, 1.807) is 0 Å². The Morgan fingerprint density at radius 2 is 2.00 bits per heavy atom. The Hall–Kier alpha value is -1.16. The maximum atomic E-state index is 4.81. The van der Waals surface area contributed by atoms with Gasteiger partial charge in [-0.3, -0.25) is 0 Å². The van der Waals surface area contributed by atoms with E-state index in [0.717, 1.165) is 37.6 Å². The second-order valence-corrected chi connectivity index (χ2v) is 4.98. The smallest absolute Gasteiger partial charge is 0.134 e. The zero-order chi connectivity index (χ0) is 11.7. The zero-order valence-electron chi connectivity index (χ0n) is 10.4. The molecule has 17 heavy (non-hydrogen) atoms. The Morgan fingerprint density at radius 1 is 1.18 bits per heavy atom. The van der Waals surface area contributed by atoms with E-state index < -0.39 is 0 Å². The van der Waals surface area contributed by atoms with E-state index in [1.807, 2.05) is 7.05 Å².